The minimum absolute atomic E-state index is 0.437. The SMILES string of the molecule is CO[C@]1(COC(C)=O)O[C@@H](n2cc(F)c(=O)[nH]c2=O)[C@@H](F)[C@@H]1OC(C)=O. The Morgan fingerprint density at radius 1 is 1.35 bits per heavy atom. The molecule has 2 rings (SSSR count). The largest absolute Gasteiger partial charge is 0.460 e. The normalized spacial score (nSPS) is 28.0. The fourth-order valence-electron chi connectivity index (χ4n) is 2.46. The zero-order valence-corrected chi connectivity index (χ0v) is 14.0. The molecule has 10 nitrogen and oxygen atoms in total. The van der Waals surface area contributed by atoms with Crippen LogP contribution in [-0.2, 0) is 28.5 Å². The number of alkyl halides is 1. The summed E-state index contributed by atoms with van der Waals surface area (Å²) in [4.78, 5) is 47.1. The van der Waals surface area contributed by atoms with E-state index >= 15 is 0 Å². The number of rotatable bonds is 5. The van der Waals surface area contributed by atoms with Gasteiger partial charge in [-0.25, -0.2) is 9.18 Å². The van der Waals surface area contributed by atoms with Crippen molar-refractivity contribution in [2.45, 2.75) is 38.1 Å². The van der Waals surface area contributed by atoms with Gasteiger partial charge in [-0.3, -0.25) is 23.9 Å². The van der Waals surface area contributed by atoms with E-state index in [9.17, 15) is 28.0 Å². The van der Waals surface area contributed by atoms with Crippen LogP contribution in [0.5, 0.6) is 0 Å². The number of aromatic nitrogens is 2. The van der Waals surface area contributed by atoms with E-state index in [0.29, 0.717) is 10.8 Å². The van der Waals surface area contributed by atoms with Gasteiger partial charge in [-0.05, 0) is 0 Å². The molecule has 12 heteroatoms. The molecule has 1 fully saturated rings. The third-order valence-corrected chi connectivity index (χ3v) is 3.63. The van der Waals surface area contributed by atoms with Crippen LogP contribution in [0.15, 0.2) is 15.8 Å². The molecule has 144 valence electrons. The maximum Gasteiger partial charge on any atom is 0.330 e. The number of methoxy groups -OCH3 is 1. The number of nitrogens with one attached hydrogen (secondary N) is 1. The topological polar surface area (TPSA) is 126 Å². The maximum atomic E-state index is 14.9. The molecule has 4 atom stereocenters. The first kappa shape index (κ1) is 19.7. The number of esters is 2. The lowest BCUT2D eigenvalue weighted by molar-refractivity contribution is -0.275. The van der Waals surface area contributed by atoms with Gasteiger partial charge < -0.3 is 18.9 Å². The van der Waals surface area contributed by atoms with Gasteiger partial charge in [0.25, 0.3) is 5.56 Å². The smallest absolute Gasteiger partial charge is 0.330 e. The van der Waals surface area contributed by atoms with Crippen molar-refractivity contribution in [1.82, 2.24) is 9.55 Å². The van der Waals surface area contributed by atoms with Crippen LogP contribution in [0.4, 0.5) is 8.78 Å². The molecule has 0 saturated carbocycles. The lowest BCUT2D eigenvalue weighted by Gasteiger charge is -2.31. The monoisotopic (exact) mass is 378 g/mol. The quantitative estimate of drug-likeness (QED) is 0.672. The predicted octanol–water partition coefficient (Wildman–Crippen LogP) is -0.620. The van der Waals surface area contributed by atoms with Crippen LogP contribution in [0.2, 0.25) is 0 Å². The van der Waals surface area contributed by atoms with E-state index in [2.05, 4.69) is 0 Å². The number of carbonyl (C=O) groups is 2. The van der Waals surface area contributed by atoms with Crippen molar-refractivity contribution < 1.29 is 37.3 Å². The molecule has 1 N–H and O–H groups in total. The summed E-state index contributed by atoms with van der Waals surface area (Å²) in [5, 5.41) is 0. The molecule has 0 radical (unpaired) electrons. The Balaban J connectivity index is 2.49. The zero-order chi connectivity index (χ0) is 19.6. The average molecular weight is 378 g/mol. The fourth-order valence-corrected chi connectivity index (χ4v) is 2.46. The van der Waals surface area contributed by atoms with Crippen LogP contribution in [0, 0.1) is 5.82 Å². The van der Waals surface area contributed by atoms with Gasteiger partial charge in [0.05, 0.1) is 6.20 Å². The van der Waals surface area contributed by atoms with Crippen LogP contribution in [-0.4, -0.2) is 53.3 Å². The van der Waals surface area contributed by atoms with Gasteiger partial charge in [0.2, 0.25) is 11.6 Å². The molecule has 0 bridgehead atoms. The number of hydrogen-bond donors (Lipinski definition) is 1. The highest BCUT2D eigenvalue weighted by Gasteiger charge is 2.60. The minimum Gasteiger partial charge on any atom is -0.460 e. The summed E-state index contributed by atoms with van der Waals surface area (Å²) in [5.41, 5.74) is -2.46. The average Bonchev–Trinajstić information content (AvgIpc) is 2.82. The summed E-state index contributed by atoms with van der Waals surface area (Å²) in [6.07, 6.45) is -5.33. The third kappa shape index (κ3) is 3.65. The lowest BCUT2D eigenvalue weighted by Crippen LogP contribution is -2.50. The van der Waals surface area contributed by atoms with E-state index in [1.54, 1.807) is 4.98 Å². The summed E-state index contributed by atoms with van der Waals surface area (Å²) < 4.78 is 48.9. The van der Waals surface area contributed by atoms with E-state index in [4.69, 9.17) is 18.9 Å². The van der Waals surface area contributed by atoms with Crippen LogP contribution in [0.1, 0.15) is 20.1 Å². The Kier molecular flexibility index (Phi) is 5.56. The van der Waals surface area contributed by atoms with Crippen molar-refractivity contribution in [2.24, 2.45) is 0 Å². The van der Waals surface area contributed by atoms with E-state index in [1.165, 1.54) is 0 Å². The molecule has 0 amide bonds. The fraction of sp³-hybridized carbons (Fsp3) is 0.571. The highest BCUT2D eigenvalue weighted by Crippen LogP contribution is 2.41. The molecular formula is C14H16F2N2O8. The molecule has 0 aliphatic carbocycles. The zero-order valence-electron chi connectivity index (χ0n) is 14.0. The van der Waals surface area contributed by atoms with Crippen LogP contribution in [0.3, 0.4) is 0 Å². The maximum absolute atomic E-state index is 14.9. The second-order valence-electron chi connectivity index (χ2n) is 5.42. The van der Waals surface area contributed by atoms with Gasteiger partial charge in [-0.2, -0.15) is 4.39 Å². The first-order valence-corrected chi connectivity index (χ1v) is 7.30. The number of carbonyl (C=O) groups excluding carboxylic acids is 2. The highest BCUT2D eigenvalue weighted by molar-refractivity contribution is 5.67. The number of aromatic amines is 1. The molecule has 0 spiro atoms. The molecule has 1 saturated heterocycles. The summed E-state index contributed by atoms with van der Waals surface area (Å²) >= 11 is 0. The van der Waals surface area contributed by atoms with Crippen molar-refractivity contribution >= 4 is 11.9 Å². The number of nitrogens with zero attached hydrogens (tertiary/aromatic N) is 1. The number of ether oxygens (including phenoxy) is 4. The Bertz CT molecular complexity index is 822. The van der Waals surface area contributed by atoms with Crippen molar-refractivity contribution in [3.63, 3.8) is 0 Å². The molecule has 2 heterocycles. The summed E-state index contributed by atoms with van der Waals surface area (Å²) in [7, 11) is 1.07. The highest BCUT2D eigenvalue weighted by atomic mass is 19.1. The van der Waals surface area contributed by atoms with Crippen LogP contribution >= 0.6 is 0 Å². The molecule has 1 aromatic rings. The van der Waals surface area contributed by atoms with Gasteiger partial charge in [0, 0.05) is 21.0 Å². The Hall–Kier alpha value is -2.60. The molecule has 1 aliphatic heterocycles. The van der Waals surface area contributed by atoms with E-state index < -0.39 is 59.9 Å². The van der Waals surface area contributed by atoms with Crippen molar-refractivity contribution in [3.8, 4) is 0 Å². The van der Waals surface area contributed by atoms with Gasteiger partial charge in [0.1, 0.15) is 6.61 Å². The second kappa shape index (κ2) is 7.33. The van der Waals surface area contributed by atoms with Crippen molar-refractivity contribution in [1.29, 1.82) is 0 Å². The van der Waals surface area contributed by atoms with Crippen molar-refractivity contribution in [3.05, 3.63) is 32.9 Å². The molecule has 26 heavy (non-hydrogen) atoms. The summed E-state index contributed by atoms with van der Waals surface area (Å²) in [6, 6.07) is 0. The molecule has 1 aromatic heterocycles. The predicted molar refractivity (Wildman–Crippen MR) is 78.2 cm³/mol. The second-order valence-corrected chi connectivity index (χ2v) is 5.42. The number of halogens is 2. The minimum atomic E-state index is -2.21. The molecule has 1 aliphatic rings. The first-order chi connectivity index (χ1) is 12.1. The first-order valence-electron chi connectivity index (χ1n) is 7.30. The molecule has 0 unspecified atom stereocenters. The Morgan fingerprint density at radius 2 is 2.00 bits per heavy atom. The van der Waals surface area contributed by atoms with E-state index in [-0.39, 0.29) is 0 Å². The number of H-pyrrole nitrogens is 1. The van der Waals surface area contributed by atoms with Gasteiger partial charge in [-0.1, -0.05) is 0 Å². The Labute approximate surface area is 144 Å². The van der Waals surface area contributed by atoms with E-state index in [0.717, 1.165) is 21.0 Å². The lowest BCUT2D eigenvalue weighted by atomic mass is 10.1. The van der Waals surface area contributed by atoms with Gasteiger partial charge in [-0.15, -0.1) is 0 Å². The van der Waals surface area contributed by atoms with Gasteiger partial charge >= 0.3 is 17.6 Å². The summed E-state index contributed by atoms with van der Waals surface area (Å²) in [6.45, 7) is 1.40. The Morgan fingerprint density at radius 3 is 2.54 bits per heavy atom. The van der Waals surface area contributed by atoms with E-state index in [1.807, 2.05) is 0 Å². The molecule has 0 aromatic carbocycles. The van der Waals surface area contributed by atoms with Crippen LogP contribution in [0.25, 0.3) is 0 Å². The summed E-state index contributed by atoms with van der Waals surface area (Å²) in [5.74, 6) is -5.10. The molecular weight excluding hydrogens is 362 g/mol. The van der Waals surface area contributed by atoms with Crippen molar-refractivity contribution in [2.75, 3.05) is 13.7 Å². The number of hydrogen-bond acceptors (Lipinski definition) is 8. The van der Waals surface area contributed by atoms with Gasteiger partial charge in [0.15, 0.2) is 18.5 Å². The third-order valence-electron chi connectivity index (χ3n) is 3.63. The standard InChI is InChI=1S/C14H16F2N2O8/c1-6(19)24-5-14(23-3)10(25-7(2)20)9(16)12(26-14)18-4-8(15)11(21)17-13(18)22/h4,9-10,12H,5H2,1-3H3,(H,17,21,22)/t9-,10-,12+,14+/m0/s1. The van der Waals surface area contributed by atoms with Crippen LogP contribution < -0.4 is 11.2 Å².